The molecule has 0 aromatic heterocycles. The van der Waals surface area contributed by atoms with Crippen molar-refractivity contribution in [1.29, 1.82) is 0 Å². The molecule has 2 atom stereocenters. The van der Waals surface area contributed by atoms with Crippen LogP contribution in [0, 0.1) is 0 Å². The number of phosphoric acid groups is 2. The van der Waals surface area contributed by atoms with Crippen LogP contribution in [0.15, 0.2) is 0 Å². The quantitative estimate of drug-likeness (QED) is 0.249. The molecule has 0 aromatic rings. The lowest BCUT2D eigenvalue weighted by Gasteiger charge is -2.12. The second-order valence-corrected chi connectivity index (χ2v) is 5.86. The summed E-state index contributed by atoms with van der Waals surface area (Å²) in [5, 5.41) is 25.1. The Kier molecular flexibility index (Phi) is 12.1. The molecule has 0 saturated carbocycles. The van der Waals surface area contributed by atoms with Gasteiger partial charge in [-0.15, -0.1) is 0 Å². The van der Waals surface area contributed by atoms with Gasteiger partial charge in [-0.2, -0.15) is 0 Å². The van der Waals surface area contributed by atoms with Gasteiger partial charge in [0.05, 0.1) is 25.9 Å². The maximum absolute atomic E-state index is 10.1. The Bertz CT molecular complexity index is 319. The fourth-order valence-corrected chi connectivity index (χ4v) is 1.64. The second-order valence-electron chi connectivity index (χ2n) is 3.43. The topological polar surface area (TPSA) is 194 Å². The van der Waals surface area contributed by atoms with Crippen molar-refractivity contribution in [2.75, 3.05) is 19.8 Å². The summed E-state index contributed by atoms with van der Waals surface area (Å²) < 4.78 is 28.0. The molecule has 11 nitrogen and oxygen atoms in total. The van der Waals surface area contributed by atoms with Gasteiger partial charge in [0.15, 0.2) is 0 Å². The van der Waals surface area contributed by atoms with Crippen LogP contribution >= 0.6 is 15.6 Å². The largest absolute Gasteiger partial charge is 0.469 e. The van der Waals surface area contributed by atoms with Crippen molar-refractivity contribution in [2.45, 2.75) is 25.6 Å². The molecule has 124 valence electrons. The zero-order valence-electron chi connectivity index (χ0n) is 10.6. The Balaban J connectivity index is 0. The highest BCUT2D eigenvalue weighted by atomic mass is 31.2. The molecule has 13 heteroatoms. The summed E-state index contributed by atoms with van der Waals surface area (Å²) in [5.41, 5.74) is 0. The van der Waals surface area contributed by atoms with Crippen LogP contribution in [-0.4, -0.2) is 66.9 Å². The van der Waals surface area contributed by atoms with Gasteiger partial charge < -0.3 is 34.9 Å². The van der Waals surface area contributed by atoms with Crippen LogP contribution in [0.2, 0.25) is 0 Å². The molecule has 0 aliphatic carbocycles. The van der Waals surface area contributed by atoms with Gasteiger partial charge in [0.1, 0.15) is 6.10 Å². The molecule has 0 radical (unpaired) electrons. The van der Waals surface area contributed by atoms with E-state index in [1.165, 1.54) is 0 Å². The van der Waals surface area contributed by atoms with E-state index in [1.54, 1.807) is 6.92 Å². The lowest BCUT2D eigenvalue weighted by atomic mass is 10.3. The van der Waals surface area contributed by atoms with Crippen LogP contribution in [0.1, 0.15) is 13.3 Å². The average Bonchev–Trinajstić information content (AvgIpc) is 2.31. The molecule has 7 N–H and O–H groups in total. The predicted octanol–water partition coefficient (Wildman–Crippen LogP) is -1.68. The van der Waals surface area contributed by atoms with Gasteiger partial charge in [-0.25, -0.2) is 9.13 Å². The van der Waals surface area contributed by atoms with Crippen molar-refractivity contribution in [2.24, 2.45) is 0 Å². The molecule has 0 amide bonds. The monoisotopic (exact) mass is 342 g/mol. The zero-order valence-corrected chi connectivity index (χ0v) is 12.4. The first-order valence-electron chi connectivity index (χ1n) is 5.29. The lowest BCUT2D eigenvalue weighted by molar-refractivity contribution is 0.0419. The van der Waals surface area contributed by atoms with E-state index >= 15 is 0 Å². The Morgan fingerprint density at radius 2 is 1.50 bits per heavy atom. The van der Waals surface area contributed by atoms with Gasteiger partial charge in [-0.3, -0.25) is 9.05 Å². The van der Waals surface area contributed by atoms with Crippen molar-refractivity contribution in [3.8, 4) is 0 Å². The van der Waals surface area contributed by atoms with Crippen LogP contribution in [0.5, 0.6) is 0 Å². The summed E-state index contributed by atoms with van der Waals surface area (Å²) in [4.78, 5) is 32.6. The van der Waals surface area contributed by atoms with Crippen LogP contribution in [-0.2, 0) is 18.2 Å². The average molecular weight is 342 g/mol. The normalized spacial score (nSPS) is 15.2. The van der Waals surface area contributed by atoms with Crippen LogP contribution in [0.4, 0.5) is 0 Å². The lowest BCUT2D eigenvalue weighted by Crippen LogP contribution is -2.18. The van der Waals surface area contributed by atoms with Gasteiger partial charge in [-0.1, -0.05) is 6.92 Å². The van der Waals surface area contributed by atoms with Gasteiger partial charge in [0.2, 0.25) is 0 Å². The molecular formula is C7H20O11P2. The van der Waals surface area contributed by atoms with E-state index in [0.29, 0.717) is 6.42 Å². The minimum atomic E-state index is -4.50. The minimum absolute atomic E-state index is 0.373. The summed E-state index contributed by atoms with van der Waals surface area (Å²) in [6.45, 7) is 0.138. The SMILES string of the molecule is CCC(CO)OP(=O)(O)O.O=P(O)(O)OCC(O)CO. The fraction of sp³-hybridized carbons (Fsp3) is 1.00. The van der Waals surface area contributed by atoms with Crippen molar-refractivity contribution in [3.05, 3.63) is 0 Å². The smallest absolute Gasteiger partial charge is 0.394 e. The maximum Gasteiger partial charge on any atom is 0.469 e. The van der Waals surface area contributed by atoms with Crippen LogP contribution in [0.3, 0.4) is 0 Å². The molecule has 0 aliphatic heterocycles. The Hall–Kier alpha value is 0.1000. The van der Waals surface area contributed by atoms with E-state index in [-0.39, 0.29) is 6.61 Å². The standard InChI is InChI=1S/C4H11O5P.C3H9O6P/c1-2-4(3-5)9-10(6,7)8;4-1-3(5)2-9-10(6,7)8/h4-5H,2-3H2,1H3,(H2,6,7,8);3-5H,1-2H2,(H2,6,7,8). The Labute approximate surface area is 115 Å². The fourth-order valence-electron chi connectivity index (χ4n) is 0.667. The molecule has 0 saturated heterocycles. The molecule has 0 rings (SSSR count). The molecule has 20 heavy (non-hydrogen) atoms. The number of hydrogen-bond donors (Lipinski definition) is 7. The number of phosphoric ester groups is 2. The van der Waals surface area contributed by atoms with Gasteiger partial charge >= 0.3 is 15.6 Å². The summed E-state index contributed by atoms with van der Waals surface area (Å²) >= 11 is 0. The summed E-state index contributed by atoms with van der Waals surface area (Å²) in [5.74, 6) is 0. The van der Waals surface area contributed by atoms with Crippen molar-refractivity contribution in [3.63, 3.8) is 0 Å². The number of rotatable bonds is 8. The Morgan fingerprint density at radius 1 is 1.00 bits per heavy atom. The summed E-state index contributed by atoms with van der Waals surface area (Å²) in [6.07, 6.45) is -1.63. The van der Waals surface area contributed by atoms with E-state index in [4.69, 9.17) is 34.9 Å². The molecular weight excluding hydrogens is 322 g/mol. The highest BCUT2D eigenvalue weighted by molar-refractivity contribution is 7.46. The van der Waals surface area contributed by atoms with E-state index in [2.05, 4.69) is 9.05 Å². The van der Waals surface area contributed by atoms with E-state index in [1.807, 2.05) is 0 Å². The molecule has 0 bridgehead atoms. The molecule has 0 aliphatic rings. The van der Waals surface area contributed by atoms with Crippen LogP contribution < -0.4 is 0 Å². The third kappa shape index (κ3) is 18.1. The molecule has 0 spiro atoms. The van der Waals surface area contributed by atoms with E-state index < -0.39 is 41.1 Å². The molecule has 0 fully saturated rings. The van der Waals surface area contributed by atoms with E-state index in [0.717, 1.165) is 0 Å². The van der Waals surface area contributed by atoms with E-state index in [9.17, 15) is 9.13 Å². The number of hydrogen-bond acceptors (Lipinski definition) is 7. The number of aliphatic hydroxyl groups is 3. The second kappa shape index (κ2) is 10.8. The highest BCUT2D eigenvalue weighted by Crippen LogP contribution is 2.38. The zero-order chi connectivity index (χ0) is 16.4. The minimum Gasteiger partial charge on any atom is -0.394 e. The summed E-state index contributed by atoms with van der Waals surface area (Å²) in [7, 11) is -8.92. The van der Waals surface area contributed by atoms with Crippen molar-refractivity contribution in [1.82, 2.24) is 0 Å². The Morgan fingerprint density at radius 3 is 1.70 bits per heavy atom. The predicted molar refractivity (Wildman–Crippen MR) is 65.4 cm³/mol. The van der Waals surface area contributed by atoms with Crippen molar-refractivity contribution >= 4 is 15.6 Å². The van der Waals surface area contributed by atoms with Crippen molar-refractivity contribution < 1.29 is 53.1 Å². The number of aliphatic hydroxyl groups excluding tert-OH is 3. The molecule has 0 heterocycles. The van der Waals surface area contributed by atoms with Gasteiger partial charge in [0, 0.05) is 0 Å². The first-order valence-corrected chi connectivity index (χ1v) is 8.35. The summed E-state index contributed by atoms with van der Waals surface area (Å²) in [6, 6.07) is 0. The maximum atomic E-state index is 10.1. The first kappa shape index (κ1) is 22.4. The van der Waals surface area contributed by atoms with Gasteiger partial charge in [0.25, 0.3) is 0 Å². The third-order valence-electron chi connectivity index (χ3n) is 1.59. The molecule has 2 unspecified atom stereocenters. The third-order valence-corrected chi connectivity index (χ3v) is 2.65. The first-order chi connectivity index (χ1) is 8.95. The van der Waals surface area contributed by atoms with Crippen LogP contribution in [0.25, 0.3) is 0 Å². The highest BCUT2D eigenvalue weighted by Gasteiger charge is 2.19. The molecule has 0 aromatic carbocycles. The van der Waals surface area contributed by atoms with Gasteiger partial charge in [-0.05, 0) is 6.42 Å².